The number of likely N-dealkylation sites (tertiary alicyclic amines) is 1. The molecular weight excluding hydrogens is 348 g/mol. The van der Waals surface area contributed by atoms with Crippen molar-refractivity contribution in [2.75, 3.05) is 13.1 Å². The summed E-state index contributed by atoms with van der Waals surface area (Å²) < 4.78 is 5.97. The normalized spacial score (nSPS) is 17.3. The highest BCUT2D eigenvalue weighted by Gasteiger charge is 2.23. The summed E-state index contributed by atoms with van der Waals surface area (Å²) >= 11 is 5.90. The molecule has 1 aliphatic rings. The molecule has 0 aliphatic carbocycles. The molecule has 3 rings (SSSR count). The average molecular weight is 373 g/mol. The van der Waals surface area contributed by atoms with Crippen LogP contribution in [-0.2, 0) is 22.6 Å². The highest BCUT2D eigenvalue weighted by Crippen LogP contribution is 2.17. The van der Waals surface area contributed by atoms with Crippen LogP contribution in [0.25, 0.3) is 0 Å². The Hall–Kier alpha value is -1.91. The summed E-state index contributed by atoms with van der Waals surface area (Å²) in [6, 6.07) is 13.7. The van der Waals surface area contributed by atoms with Crippen LogP contribution in [-0.4, -0.2) is 35.0 Å². The zero-order valence-corrected chi connectivity index (χ0v) is 15.7. The molecule has 2 heterocycles. The van der Waals surface area contributed by atoms with Gasteiger partial charge in [-0.15, -0.1) is 0 Å². The highest BCUT2D eigenvalue weighted by atomic mass is 35.5. The maximum Gasteiger partial charge on any atom is 0.222 e. The monoisotopic (exact) mass is 372 g/mol. The van der Waals surface area contributed by atoms with Crippen molar-refractivity contribution >= 4 is 17.5 Å². The first-order chi connectivity index (χ1) is 12.7. The number of ether oxygens (including phenoxy) is 1. The lowest BCUT2D eigenvalue weighted by Gasteiger charge is -2.32. The van der Waals surface area contributed by atoms with Gasteiger partial charge >= 0.3 is 0 Å². The van der Waals surface area contributed by atoms with Crippen LogP contribution in [0.3, 0.4) is 0 Å². The van der Waals surface area contributed by atoms with Crippen molar-refractivity contribution in [1.82, 2.24) is 9.88 Å². The number of aryl methyl sites for hydroxylation is 1. The van der Waals surface area contributed by atoms with E-state index in [4.69, 9.17) is 16.3 Å². The summed E-state index contributed by atoms with van der Waals surface area (Å²) in [6.45, 7) is 2.03. The minimum Gasteiger partial charge on any atom is -0.370 e. The van der Waals surface area contributed by atoms with Crippen molar-refractivity contribution in [3.05, 3.63) is 64.9 Å². The van der Waals surface area contributed by atoms with E-state index >= 15 is 0 Å². The van der Waals surface area contributed by atoms with Gasteiger partial charge in [0, 0.05) is 30.7 Å². The van der Waals surface area contributed by atoms with E-state index in [9.17, 15) is 4.79 Å². The van der Waals surface area contributed by atoms with E-state index in [2.05, 4.69) is 4.98 Å². The lowest BCUT2D eigenvalue weighted by molar-refractivity contribution is -0.135. The van der Waals surface area contributed by atoms with Gasteiger partial charge in [-0.25, -0.2) is 0 Å². The summed E-state index contributed by atoms with van der Waals surface area (Å²) in [4.78, 5) is 18.7. The van der Waals surface area contributed by atoms with Crippen LogP contribution >= 0.6 is 11.6 Å². The molecule has 0 radical (unpaired) electrons. The predicted molar refractivity (Wildman–Crippen MR) is 103 cm³/mol. The molecule has 0 N–H and O–H groups in total. The molecule has 2 aromatic rings. The van der Waals surface area contributed by atoms with Crippen molar-refractivity contribution in [2.45, 2.75) is 44.8 Å². The Morgan fingerprint density at radius 2 is 2.08 bits per heavy atom. The minimum absolute atomic E-state index is 0.103. The molecular formula is C21H25ClN2O2. The van der Waals surface area contributed by atoms with E-state index in [0.717, 1.165) is 42.9 Å². The first kappa shape index (κ1) is 18.9. The van der Waals surface area contributed by atoms with Gasteiger partial charge in [0.2, 0.25) is 5.91 Å². The Balaban J connectivity index is 1.40. The summed E-state index contributed by atoms with van der Waals surface area (Å²) in [5, 5.41) is 0.745. The van der Waals surface area contributed by atoms with Gasteiger partial charge in [0.1, 0.15) is 0 Å². The number of halogens is 1. The van der Waals surface area contributed by atoms with Crippen LogP contribution < -0.4 is 0 Å². The second-order valence-electron chi connectivity index (χ2n) is 6.72. The third-order valence-corrected chi connectivity index (χ3v) is 4.95. The fourth-order valence-corrected chi connectivity index (χ4v) is 3.37. The Morgan fingerprint density at radius 1 is 1.23 bits per heavy atom. The first-order valence-corrected chi connectivity index (χ1v) is 9.62. The second-order valence-corrected chi connectivity index (χ2v) is 7.15. The largest absolute Gasteiger partial charge is 0.370 e. The molecule has 0 saturated carbocycles. The highest BCUT2D eigenvalue weighted by molar-refractivity contribution is 6.30. The number of hydrogen-bond donors (Lipinski definition) is 0. The smallest absolute Gasteiger partial charge is 0.222 e. The van der Waals surface area contributed by atoms with E-state index in [1.165, 1.54) is 5.56 Å². The molecule has 0 spiro atoms. The number of piperidine rings is 1. The van der Waals surface area contributed by atoms with Gasteiger partial charge in [-0.05, 0) is 55.5 Å². The molecule has 1 aromatic heterocycles. The van der Waals surface area contributed by atoms with Crippen molar-refractivity contribution in [3.8, 4) is 0 Å². The van der Waals surface area contributed by atoms with E-state index in [-0.39, 0.29) is 12.0 Å². The van der Waals surface area contributed by atoms with Gasteiger partial charge in [-0.2, -0.15) is 0 Å². The lowest BCUT2D eigenvalue weighted by atomic mass is 10.1. The first-order valence-electron chi connectivity index (χ1n) is 9.24. The predicted octanol–water partition coefficient (Wildman–Crippen LogP) is 4.27. The average Bonchev–Trinajstić information content (AvgIpc) is 2.69. The number of nitrogens with zero attached hydrogens (tertiary/aromatic N) is 2. The molecule has 1 aromatic carbocycles. The van der Waals surface area contributed by atoms with Gasteiger partial charge < -0.3 is 9.64 Å². The summed E-state index contributed by atoms with van der Waals surface area (Å²) in [6.07, 6.45) is 6.21. The molecule has 138 valence electrons. The molecule has 1 aliphatic heterocycles. The lowest BCUT2D eigenvalue weighted by Crippen LogP contribution is -2.43. The van der Waals surface area contributed by atoms with E-state index in [0.29, 0.717) is 19.6 Å². The van der Waals surface area contributed by atoms with E-state index in [1.54, 1.807) is 6.20 Å². The Labute approximate surface area is 160 Å². The number of benzene rings is 1. The SMILES string of the molecule is O=C(CCCc1ccc(Cl)cc1)N1CCC[C@H](OCc2ccccn2)C1. The van der Waals surface area contributed by atoms with Crippen molar-refractivity contribution in [3.63, 3.8) is 0 Å². The molecule has 26 heavy (non-hydrogen) atoms. The molecule has 1 fully saturated rings. The molecule has 5 heteroatoms. The molecule has 1 atom stereocenters. The molecule has 1 saturated heterocycles. The Bertz CT molecular complexity index is 691. The minimum atomic E-state index is 0.103. The molecule has 1 amide bonds. The van der Waals surface area contributed by atoms with E-state index < -0.39 is 0 Å². The third-order valence-electron chi connectivity index (χ3n) is 4.69. The third kappa shape index (κ3) is 5.82. The van der Waals surface area contributed by atoms with Crippen molar-refractivity contribution in [2.24, 2.45) is 0 Å². The summed E-state index contributed by atoms with van der Waals surface area (Å²) in [5.74, 6) is 0.227. The topological polar surface area (TPSA) is 42.4 Å². The van der Waals surface area contributed by atoms with Crippen LogP contribution in [0, 0.1) is 0 Å². The van der Waals surface area contributed by atoms with Gasteiger partial charge in [0.05, 0.1) is 18.4 Å². The zero-order chi connectivity index (χ0) is 18.2. The quantitative estimate of drug-likeness (QED) is 0.729. The number of rotatable bonds is 7. The molecule has 4 nitrogen and oxygen atoms in total. The second kappa shape index (κ2) is 9.70. The standard InChI is InChI=1S/C21H25ClN2O2/c22-18-11-9-17(10-12-18)5-3-8-21(25)24-14-4-7-20(15-24)26-16-19-6-1-2-13-23-19/h1-2,6,9-13,20H,3-5,7-8,14-16H2/t20-/m0/s1. The van der Waals surface area contributed by atoms with Crippen LogP contribution in [0.1, 0.15) is 36.9 Å². The molecule has 0 unspecified atom stereocenters. The van der Waals surface area contributed by atoms with Gasteiger partial charge in [0.25, 0.3) is 0 Å². The number of hydrogen-bond acceptors (Lipinski definition) is 3. The fourth-order valence-electron chi connectivity index (χ4n) is 3.24. The van der Waals surface area contributed by atoms with E-state index in [1.807, 2.05) is 47.4 Å². The van der Waals surface area contributed by atoms with Gasteiger partial charge in [-0.3, -0.25) is 9.78 Å². The number of amides is 1. The number of carbonyl (C=O) groups is 1. The number of aromatic nitrogens is 1. The maximum absolute atomic E-state index is 12.5. The zero-order valence-electron chi connectivity index (χ0n) is 14.9. The maximum atomic E-state index is 12.5. The van der Waals surface area contributed by atoms with Crippen LogP contribution in [0.2, 0.25) is 5.02 Å². The fraction of sp³-hybridized carbons (Fsp3) is 0.429. The molecule has 0 bridgehead atoms. The van der Waals surface area contributed by atoms with Crippen LogP contribution in [0.5, 0.6) is 0 Å². The van der Waals surface area contributed by atoms with Crippen molar-refractivity contribution < 1.29 is 9.53 Å². The summed E-state index contributed by atoms with van der Waals surface area (Å²) in [7, 11) is 0. The summed E-state index contributed by atoms with van der Waals surface area (Å²) in [5.41, 5.74) is 2.15. The number of carbonyl (C=O) groups excluding carboxylic acids is 1. The van der Waals surface area contributed by atoms with Crippen LogP contribution in [0.15, 0.2) is 48.7 Å². The number of pyridine rings is 1. The van der Waals surface area contributed by atoms with Gasteiger partial charge in [0.15, 0.2) is 0 Å². The van der Waals surface area contributed by atoms with Crippen molar-refractivity contribution in [1.29, 1.82) is 0 Å². The van der Waals surface area contributed by atoms with Gasteiger partial charge in [-0.1, -0.05) is 29.8 Å². The Kier molecular flexibility index (Phi) is 7.04. The Morgan fingerprint density at radius 3 is 2.85 bits per heavy atom. The van der Waals surface area contributed by atoms with Crippen LogP contribution in [0.4, 0.5) is 0 Å².